The predicted octanol–water partition coefficient (Wildman–Crippen LogP) is 5.78. The zero-order valence-corrected chi connectivity index (χ0v) is 18.7. The molecule has 4 heteroatoms. The summed E-state index contributed by atoms with van der Waals surface area (Å²) in [5.74, 6) is 0.338. The highest BCUT2D eigenvalue weighted by Crippen LogP contribution is 2.28. The van der Waals surface area contributed by atoms with Crippen molar-refractivity contribution >= 4 is 17.3 Å². The van der Waals surface area contributed by atoms with Gasteiger partial charge in [-0.25, -0.2) is 0 Å². The summed E-state index contributed by atoms with van der Waals surface area (Å²) in [6, 6.07) is 25.7. The Labute approximate surface area is 185 Å². The van der Waals surface area contributed by atoms with Gasteiger partial charge in [0.25, 0.3) is 0 Å². The number of aryl methyl sites for hydroxylation is 1. The Kier molecular flexibility index (Phi) is 7.60. The van der Waals surface area contributed by atoms with E-state index in [2.05, 4.69) is 19.1 Å². The molecule has 1 atom stereocenters. The van der Waals surface area contributed by atoms with Gasteiger partial charge >= 0.3 is 0 Å². The number of aliphatic imine (C=N–C) groups is 1. The summed E-state index contributed by atoms with van der Waals surface area (Å²) in [6.07, 6.45) is 0. The summed E-state index contributed by atoms with van der Waals surface area (Å²) in [4.78, 5) is 20.6. The monoisotopic (exact) mass is 414 g/mol. The van der Waals surface area contributed by atoms with E-state index >= 15 is 0 Å². The Morgan fingerprint density at radius 3 is 2.06 bits per heavy atom. The van der Waals surface area contributed by atoms with E-state index in [9.17, 15) is 4.79 Å². The van der Waals surface area contributed by atoms with Gasteiger partial charge in [0.1, 0.15) is 11.7 Å². The predicted molar refractivity (Wildman–Crippen MR) is 127 cm³/mol. The van der Waals surface area contributed by atoms with Crippen LogP contribution in [0.2, 0.25) is 0 Å². The Bertz CT molecular complexity index is 1010. The number of nitrogens with zero attached hydrogens (tertiary/aromatic N) is 2. The van der Waals surface area contributed by atoms with Crippen molar-refractivity contribution < 1.29 is 9.53 Å². The second-order valence-corrected chi connectivity index (χ2v) is 7.42. The molecule has 0 aliphatic rings. The quantitative estimate of drug-likeness (QED) is 0.439. The molecule has 0 radical (unpaired) electrons. The molecule has 0 saturated heterocycles. The fourth-order valence-electron chi connectivity index (χ4n) is 3.60. The van der Waals surface area contributed by atoms with Gasteiger partial charge in [0.2, 0.25) is 5.91 Å². The van der Waals surface area contributed by atoms with E-state index in [1.807, 2.05) is 85.5 Å². The minimum absolute atomic E-state index is 0.0593. The second kappa shape index (κ2) is 10.6. The largest absolute Gasteiger partial charge is 0.497 e. The number of likely N-dealkylation sites (N-methyl/N-ethyl adjacent to an activating group) is 1. The topological polar surface area (TPSA) is 41.9 Å². The molecule has 1 unspecified atom stereocenters. The minimum Gasteiger partial charge on any atom is -0.497 e. The van der Waals surface area contributed by atoms with Gasteiger partial charge in [-0.1, -0.05) is 60.2 Å². The maximum absolute atomic E-state index is 13.7. The van der Waals surface area contributed by atoms with E-state index in [4.69, 9.17) is 9.73 Å². The fourth-order valence-corrected chi connectivity index (χ4v) is 3.60. The molecule has 3 aromatic rings. The molecule has 3 aromatic carbocycles. The van der Waals surface area contributed by atoms with Crippen LogP contribution >= 0.6 is 0 Å². The SMILES string of the molecule is CCN(CC)C(=O)C(C(=Nc1ccc(OC)cc1)c1ccc(C)cc1)c1ccccc1. The van der Waals surface area contributed by atoms with E-state index in [1.165, 1.54) is 5.56 Å². The number of amides is 1. The lowest BCUT2D eigenvalue weighted by molar-refractivity contribution is -0.130. The summed E-state index contributed by atoms with van der Waals surface area (Å²) in [6.45, 7) is 7.38. The van der Waals surface area contributed by atoms with E-state index in [0.717, 1.165) is 28.3 Å². The van der Waals surface area contributed by atoms with Crippen LogP contribution in [0.1, 0.15) is 36.5 Å². The third-order valence-electron chi connectivity index (χ3n) is 5.40. The molecule has 0 N–H and O–H groups in total. The molecule has 0 aliphatic heterocycles. The first kappa shape index (κ1) is 22.3. The molecular formula is C27H30N2O2. The average Bonchev–Trinajstić information content (AvgIpc) is 2.81. The van der Waals surface area contributed by atoms with Gasteiger partial charge in [0, 0.05) is 13.1 Å². The van der Waals surface area contributed by atoms with Crippen LogP contribution in [0, 0.1) is 6.92 Å². The molecule has 0 saturated carbocycles. The van der Waals surface area contributed by atoms with Crippen LogP contribution < -0.4 is 4.74 Å². The van der Waals surface area contributed by atoms with Gasteiger partial charge in [-0.05, 0) is 56.2 Å². The molecule has 4 nitrogen and oxygen atoms in total. The average molecular weight is 415 g/mol. The lowest BCUT2D eigenvalue weighted by Crippen LogP contribution is -2.38. The lowest BCUT2D eigenvalue weighted by Gasteiger charge is -2.27. The van der Waals surface area contributed by atoms with Gasteiger partial charge < -0.3 is 9.64 Å². The number of benzene rings is 3. The number of ether oxygens (including phenoxy) is 1. The summed E-state index contributed by atoms with van der Waals surface area (Å²) >= 11 is 0. The van der Waals surface area contributed by atoms with Crippen molar-refractivity contribution in [2.24, 2.45) is 4.99 Å². The molecule has 0 aliphatic carbocycles. The lowest BCUT2D eigenvalue weighted by atomic mass is 9.88. The van der Waals surface area contributed by atoms with E-state index in [0.29, 0.717) is 13.1 Å². The molecule has 1 amide bonds. The Hall–Kier alpha value is -3.40. The van der Waals surface area contributed by atoms with Crippen molar-refractivity contribution in [1.29, 1.82) is 0 Å². The first-order valence-electron chi connectivity index (χ1n) is 10.7. The molecule has 0 bridgehead atoms. The number of carbonyl (C=O) groups excluding carboxylic acids is 1. The molecule has 0 heterocycles. The Balaban J connectivity index is 2.19. The number of hydrogen-bond acceptors (Lipinski definition) is 3. The highest BCUT2D eigenvalue weighted by molar-refractivity contribution is 6.17. The zero-order chi connectivity index (χ0) is 22.2. The molecule has 160 valence electrons. The van der Waals surface area contributed by atoms with Crippen LogP contribution in [-0.2, 0) is 4.79 Å². The van der Waals surface area contributed by atoms with Gasteiger partial charge in [-0.15, -0.1) is 0 Å². The van der Waals surface area contributed by atoms with Crippen LogP contribution in [0.4, 0.5) is 5.69 Å². The summed E-state index contributed by atoms with van der Waals surface area (Å²) in [5, 5.41) is 0. The van der Waals surface area contributed by atoms with Crippen molar-refractivity contribution in [3.8, 4) is 5.75 Å². The van der Waals surface area contributed by atoms with Crippen LogP contribution in [0.5, 0.6) is 5.75 Å². The maximum Gasteiger partial charge on any atom is 0.236 e. The Morgan fingerprint density at radius 2 is 1.52 bits per heavy atom. The van der Waals surface area contributed by atoms with Crippen LogP contribution in [0.15, 0.2) is 83.9 Å². The van der Waals surface area contributed by atoms with Crippen LogP contribution in [0.25, 0.3) is 0 Å². The van der Waals surface area contributed by atoms with Crippen LogP contribution in [0.3, 0.4) is 0 Å². The van der Waals surface area contributed by atoms with Gasteiger partial charge in [-0.2, -0.15) is 0 Å². The summed E-state index contributed by atoms with van der Waals surface area (Å²) < 4.78 is 5.28. The van der Waals surface area contributed by atoms with E-state index < -0.39 is 5.92 Å². The van der Waals surface area contributed by atoms with E-state index in [-0.39, 0.29) is 5.91 Å². The number of hydrogen-bond donors (Lipinski definition) is 0. The zero-order valence-electron chi connectivity index (χ0n) is 18.7. The van der Waals surface area contributed by atoms with Crippen LogP contribution in [-0.4, -0.2) is 36.7 Å². The van der Waals surface area contributed by atoms with Crippen molar-refractivity contribution in [3.05, 3.63) is 95.6 Å². The fraction of sp³-hybridized carbons (Fsp3) is 0.259. The Morgan fingerprint density at radius 1 is 0.903 bits per heavy atom. The summed E-state index contributed by atoms with van der Waals surface area (Å²) in [5.41, 5.74) is 4.57. The molecule has 0 aromatic heterocycles. The molecular weight excluding hydrogens is 384 g/mol. The number of carbonyl (C=O) groups is 1. The van der Waals surface area contributed by atoms with Crippen molar-refractivity contribution in [1.82, 2.24) is 4.90 Å². The van der Waals surface area contributed by atoms with Crippen molar-refractivity contribution in [3.63, 3.8) is 0 Å². The highest BCUT2D eigenvalue weighted by atomic mass is 16.5. The minimum atomic E-state index is -0.495. The molecule has 3 rings (SSSR count). The second-order valence-electron chi connectivity index (χ2n) is 7.42. The smallest absolute Gasteiger partial charge is 0.236 e. The third kappa shape index (κ3) is 5.40. The van der Waals surface area contributed by atoms with Gasteiger partial charge in [0.15, 0.2) is 0 Å². The number of methoxy groups -OCH3 is 1. The van der Waals surface area contributed by atoms with Crippen molar-refractivity contribution in [2.75, 3.05) is 20.2 Å². The molecule has 0 fully saturated rings. The normalized spacial score (nSPS) is 12.3. The molecule has 0 spiro atoms. The highest BCUT2D eigenvalue weighted by Gasteiger charge is 2.30. The maximum atomic E-state index is 13.7. The van der Waals surface area contributed by atoms with Gasteiger partial charge in [-0.3, -0.25) is 9.79 Å². The van der Waals surface area contributed by atoms with Crippen molar-refractivity contribution in [2.45, 2.75) is 26.7 Å². The number of rotatable bonds is 8. The first-order valence-corrected chi connectivity index (χ1v) is 10.7. The first-order chi connectivity index (χ1) is 15.1. The molecule has 31 heavy (non-hydrogen) atoms. The standard InChI is InChI=1S/C27H30N2O2/c1-5-29(6-2)27(30)25(21-10-8-7-9-11-21)26(22-14-12-20(3)13-15-22)28-23-16-18-24(31-4)19-17-23/h7-19,25H,5-6H2,1-4H3. The third-order valence-corrected chi connectivity index (χ3v) is 5.40. The summed E-state index contributed by atoms with van der Waals surface area (Å²) in [7, 11) is 1.64. The van der Waals surface area contributed by atoms with Gasteiger partial charge in [0.05, 0.1) is 18.5 Å². The van der Waals surface area contributed by atoms with E-state index in [1.54, 1.807) is 7.11 Å².